The maximum Gasteiger partial charge on any atom is 0.372 e. The maximum atomic E-state index is 11.4. The van der Waals surface area contributed by atoms with Crippen LogP contribution >= 0.6 is 11.6 Å². The van der Waals surface area contributed by atoms with Gasteiger partial charge in [0.05, 0.1) is 0 Å². The predicted molar refractivity (Wildman–Crippen MR) is 78.4 cm³/mol. The molecule has 20 heavy (non-hydrogen) atoms. The fourth-order valence-electron chi connectivity index (χ4n) is 2.33. The predicted octanol–water partition coefficient (Wildman–Crippen LogP) is 4.76. The van der Waals surface area contributed by atoms with Crippen LogP contribution in [0.2, 0.25) is 5.02 Å². The Labute approximate surface area is 120 Å². The Balaban J connectivity index is 2.34. The smallest absolute Gasteiger partial charge is 0.372 e. The second-order valence-corrected chi connectivity index (χ2v) is 5.01. The maximum absolute atomic E-state index is 11.4. The van der Waals surface area contributed by atoms with Crippen molar-refractivity contribution in [2.24, 2.45) is 0 Å². The number of aromatic carboxylic acids is 1. The topological polar surface area (TPSA) is 50.4 Å². The summed E-state index contributed by atoms with van der Waals surface area (Å²) in [5.41, 5.74) is 1.68. The van der Waals surface area contributed by atoms with Gasteiger partial charge < -0.3 is 9.52 Å². The quantitative estimate of drug-likeness (QED) is 0.739. The van der Waals surface area contributed by atoms with Crippen LogP contribution in [-0.2, 0) is 0 Å². The molecule has 0 amide bonds. The van der Waals surface area contributed by atoms with Crippen LogP contribution in [0.4, 0.5) is 0 Å². The molecule has 1 N–H and O–H groups in total. The summed E-state index contributed by atoms with van der Waals surface area (Å²) in [7, 11) is 0. The minimum atomic E-state index is -1.07. The largest absolute Gasteiger partial charge is 0.475 e. The first-order chi connectivity index (χ1) is 9.58. The zero-order valence-electron chi connectivity index (χ0n) is 10.7. The molecule has 1 heterocycles. The Hall–Kier alpha value is -2.26. The van der Waals surface area contributed by atoms with Crippen molar-refractivity contribution >= 4 is 28.3 Å². The summed E-state index contributed by atoms with van der Waals surface area (Å²) >= 11 is 5.87. The summed E-state index contributed by atoms with van der Waals surface area (Å²) in [6.07, 6.45) is 0. The van der Waals surface area contributed by atoms with Crippen molar-refractivity contribution in [2.45, 2.75) is 6.92 Å². The fourth-order valence-corrected chi connectivity index (χ4v) is 2.46. The molecule has 0 atom stereocenters. The van der Waals surface area contributed by atoms with Gasteiger partial charge >= 0.3 is 5.97 Å². The third-order valence-electron chi connectivity index (χ3n) is 3.25. The summed E-state index contributed by atoms with van der Waals surface area (Å²) in [5.74, 6) is -0.537. The van der Waals surface area contributed by atoms with E-state index in [0.29, 0.717) is 16.2 Å². The zero-order valence-corrected chi connectivity index (χ0v) is 11.4. The Kier molecular flexibility index (Phi) is 2.99. The lowest BCUT2D eigenvalue weighted by atomic mass is 10.0. The summed E-state index contributed by atoms with van der Waals surface area (Å²) in [5, 5.41) is 11.4. The second kappa shape index (κ2) is 4.69. The van der Waals surface area contributed by atoms with E-state index in [-0.39, 0.29) is 5.76 Å². The van der Waals surface area contributed by atoms with Crippen LogP contribution < -0.4 is 0 Å². The summed E-state index contributed by atoms with van der Waals surface area (Å²) in [6.45, 7) is 1.87. The first kappa shape index (κ1) is 12.8. The molecule has 100 valence electrons. The van der Waals surface area contributed by atoms with Gasteiger partial charge in [0.25, 0.3) is 0 Å². The van der Waals surface area contributed by atoms with Crippen LogP contribution in [0.5, 0.6) is 0 Å². The Bertz CT molecular complexity index is 800. The number of carbonyl (C=O) groups is 1. The molecular weight excluding hydrogens is 276 g/mol. The number of hydrogen-bond acceptors (Lipinski definition) is 2. The monoisotopic (exact) mass is 286 g/mol. The van der Waals surface area contributed by atoms with E-state index in [1.807, 2.05) is 37.3 Å². The number of halogens is 1. The molecule has 0 aliphatic rings. The normalized spacial score (nSPS) is 10.9. The average molecular weight is 287 g/mol. The minimum Gasteiger partial charge on any atom is -0.475 e. The van der Waals surface area contributed by atoms with E-state index >= 15 is 0 Å². The van der Waals surface area contributed by atoms with Crippen molar-refractivity contribution in [3.63, 3.8) is 0 Å². The van der Waals surface area contributed by atoms with Gasteiger partial charge in [-0.15, -0.1) is 0 Å². The molecule has 4 heteroatoms. The van der Waals surface area contributed by atoms with Crippen molar-refractivity contribution in [1.82, 2.24) is 0 Å². The number of hydrogen-bond donors (Lipinski definition) is 1. The number of rotatable bonds is 2. The highest BCUT2D eigenvalue weighted by atomic mass is 35.5. The zero-order chi connectivity index (χ0) is 14.3. The molecule has 3 aromatic rings. The van der Waals surface area contributed by atoms with Gasteiger partial charge in [0, 0.05) is 21.4 Å². The average Bonchev–Trinajstić information content (AvgIpc) is 2.81. The number of aryl methyl sites for hydroxylation is 1. The highest BCUT2D eigenvalue weighted by molar-refractivity contribution is 6.30. The first-order valence-electron chi connectivity index (χ1n) is 6.09. The van der Waals surface area contributed by atoms with Gasteiger partial charge in [-0.1, -0.05) is 29.8 Å². The molecule has 0 aliphatic heterocycles. The third-order valence-corrected chi connectivity index (χ3v) is 3.50. The van der Waals surface area contributed by atoms with Crippen molar-refractivity contribution in [1.29, 1.82) is 0 Å². The van der Waals surface area contributed by atoms with Gasteiger partial charge in [-0.05, 0) is 36.8 Å². The molecule has 3 nitrogen and oxygen atoms in total. The summed E-state index contributed by atoms with van der Waals surface area (Å²) in [4.78, 5) is 11.4. The van der Waals surface area contributed by atoms with Gasteiger partial charge in [0.1, 0.15) is 5.76 Å². The molecule has 0 spiro atoms. The Morgan fingerprint density at radius 2 is 1.85 bits per heavy atom. The number of carboxylic acids is 1. The standard InChI is InChI=1S/C16H11ClO3/c1-9-3-2-4-12-13(9)15(16(18)19)20-14(12)10-5-7-11(17)8-6-10/h2-8H,1H3,(H,18,19). The van der Waals surface area contributed by atoms with Gasteiger partial charge in [0.15, 0.2) is 0 Å². The molecule has 3 rings (SSSR count). The van der Waals surface area contributed by atoms with Crippen molar-refractivity contribution in [2.75, 3.05) is 0 Å². The third kappa shape index (κ3) is 1.96. The SMILES string of the molecule is Cc1cccc2c(-c3ccc(Cl)cc3)oc(C(=O)O)c12. The lowest BCUT2D eigenvalue weighted by molar-refractivity contribution is 0.0666. The number of furan rings is 1. The number of carboxylic acid groups (broad SMARTS) is 1. The highest BCUT2D eigenvalue weighted by Gasteiger charge is 2.20. The van der Waals surface area contributed by atoms with E-state index in [4.69, 9.17) is 16.0 Å². The van der Waals surface area contributed by atoms with Crippen LogP contribution in [-0.4, -0.2) is 11.1 Å². The van der Waals surface area contributed by atoms with E-state index in [1.54, 1.807) is 12.1 Å². The molecule has 0 saturated heterocycles. The summed E-state index contributed by atoms with van der Waals surface area (Å²) < 4.78 is 5.59. The van der Waals surface area contributed by atoms with Crippen LogP contribution in [0, 0.1) is 6.92 Å². The molecule has 0 radical (unpaired) electrons. The van der Waals surface area contributed by atoms with Crippen molar-refractivity contribution in [3.8, 4) is 11.3 Å². The van der Waals surface area contributed by atoms with Gasteiger partial charge in [0.2, 0.25) is 5.76 Å². The Morgan fingerprint density at radius 1 is 1.15 bits per heavy atom. The van der Waals surface area contributed by atoms with E-state index in [2.05, 4.69) is 0 Å². The Morgan fingerprint density at radius 3 is 2.50 bits per heavy atom. The van der Waals surface area contributed by atoms with Gasteiger partial charge in [-0.3, -0.25) is 0 Å². The highest BCUT2D eigenvalue weighted by Crippen LogP contribution is 2.36. The molecule has 0 saturated carbocycles. The number of fused-ring (bicyclic) bond motifs is 1. The fraction of sp³-hybridized carbons (Fsp3) is 0.0625. The van der Waals surface area contributed by atoms with Gasteiger partial charge in [-0.25, -0.2) is 4.79 Å². The second-order valence-electron chi connectivity index (χ2n) is 4.57. The molecule has 0 bridgehead atoms. The lowest BCUT2D eigenvalue weighted by Gasteiger charge is -1.99. The molecule has 0 fully saturated rings. The molecule has 1 aromatic heterocycles. The minimum absolute atomic E-state index is 0.0250. The van der Waals surface area contributed by atoms with E-state index in [1.165, 1.54) is 0 Å². The molecular formula is C16H11ClO3. The molecule has 0 unspecified atom stereocenters. The summed E-state index contributed by atoms with van der Waals surface area (Å²) in [6, 6.07) is 12.8. The van der Waals surface area contributed by atoms with Crippen LogP contribution in [0.1, 0.15) is 16.1 Å². The lowest BCUT2D eigenvalue weighted by Crippen LogP contribution is -1.94. The van der Waals surface area contributed by atoms with Crippen molar-refractivity contribution in [3.05, 3.63) is 58.8 Å². The van der Waals surface area contributed by atoms with E-state index < -0.39 is 5.97 Å². The molecule has 2 aromatic carbocycles. The first-order valence-corrected chi connectivity index (χ1v) is 6.47. The van der Waals surface area contributed by atoms with Gasteiger partial charge in [-0.2, -0.15) is 0 Å². The number of benzene rings is 2. The van der Waals surface area contributed by atoms with Crippen LogP contribution in [0.15, 0.2) is 46.9 Å². The van der Waals surface area contributed by atoms with E-state index in [0.717, 1.165) is 16.5 Å². The van der Waals surface area contributed by atoms with Crippen LogP contribution in [0.25, 0.3) is 22.1 Å². The van der Waals surface area contributed by atoms with E-state index in [9.17, 15) is 9.90 Å². The van der Waals surface area contributed by atoms with Crippen LogP contribution in [0.3, 0.4) is 0 Å². The molecule has 0 aliphatic carbocycles. The van der Waals surface area contributed by atoms with Crippen molar-refractivity contribution < 1.29 is 14.3 Å².